The van der Waals surface area contributed by atoms with Crippen LogP contribution < -0.4 is 21.3 Å². The summed E-state index contributed by atoms with van der Waals surface area (Å²) in [6, 6.07) is 6.79. The van der Waals surface area contributed by atoms with Crippen LogP contribution >= 0.6 is 12.4 Å². The normalized spacial score (nSPS) is 25.0. The first-order chi connectivity index (χ1) is 12.0. The number of nitrogens with one attached hydrogen (secondary N) is 4. The number of hydrogen-bond donors (Lipinski definition) is 4. The molecule has 9 heteroatoms. The molecule has 2 heterocycles. The fourth-order valence-corrected chi connectivity index (χ4v) is 2.95. The molecule has 1 aromatic rings. The van der Waals surface area contributed by atoms with Crippen LogP contribution in [0.15, 0.2) is 24.3 Å². The largest absolute Gasteiger partial charge is 0.378 e. The van der Waals surface area contributed by atoms with Gasteiger partial charge in [0, 0.05) is 25.6 Å². The number of rotatable bonds is 5. The average Bonchev–Trinajstić information content (AvgIpc) is 2.87. The van der Waals surface area contributed by atoms with E-state index >= 15 is 0 Å². The van der Waals surface area contributed by atoms with Gasteiger partial charge in [-0.3, -0.25) is 14.9 Å². The van der Waals surface area contributed by atoms with E-state index in [9.17, 15) is 14.4 Å². The highest BCUT2D eigenvalue weighted by Crippen LogP contribution is 2.24. The number of urea groups is 1. The summed E-state index contributed by atoms with van der Waals surface area (Å²) in [4.78, 5) is 35.3. The SMILES string of the molecule is CC1(c2ccc(CNC(=O)CC3COCCN3)cc2)NC(=O)NC1=O.Cl. The van der Waals surface area contributed by atoms with Crippen LogP contribution in [0.5, 0.6) is 0 Å². The molecule has 2 unspecified atom stereocenters. The maximum atomic E-state index is 12.0. The first kappa shape index (κ1) is 20.2. The van der Waals surface area contributed by atoms with Crippen LogP contribution in [0, 0.1) is 0 Å². The second kappa shape index (κ2) is 8.48. The van der Waals surface area contributed by atoms with Crippen molar-refractivity contribution in [2.24, 2.45) is 0 Å². The smallest absolute Gasteiger partial charge is 0.322 e. The van der Waals surface area contributed by atoms with Gasteiger partial charge in [0.2, 0.25) is 5.91 Å². The van der Waals surface area contributed by atoms with Crippen LogP contribution in [0.25, 0.3) is 0 Å². The van der Waals surface area contributed by atoms with E-state index in [1.807, 2.05) is 12.1 Å². The molecule has 1 aromatic carbocycles. The highest BCUT2D eigenvalue weighted by molar-refractivity contribution is 6.07. The van der Waals surface area contributed by atoms with Crippen LogP contribution in [-0.4, -0.2) is 43.6 Å². The number of benzene rings is 1. The lowest BCUT2D eigenvalue weighted by molar-refractivity contribution is -0.124. The molecule has 0 radical (unpaired) electrons. The fraction of sp³-hybridized carbons (Fsp3) is 0.471. The average molecular weight is 383 g/mol. The summed E-state index contributed by atoms with van der Waals surface area (Å²) in [5.41, 5.74) is 0.540. The van der Waals surface area contributed by atoms with Gasteiger partial charge in [0.25, 0.3) is 5.91 Å². The number of ether oxygens (including phenoxy) is 1. The first-order valence-electron chi connectivity index (χ1n) is 8.28. The first-order valence-corrected chi connectivity index (χ1v) is 8.28. The van der Waals surface area contributed by atoms with E-state index < -0.39 is 11.6 Å². The lowest BCUT2D eigenvalue weighted by Crippen LogP contribution is -2.44. The Balaban J connectivity index is 0.00000243. The maximum absolute atomic E-state index is 12.0. The molecule has 26 heavy (non-hydrogen) atoms. The Bertz CT molecular complexity index is 676. The predicted molar refractivity (Wildman–Crippen MR) is 96.8 cm³/mol. The summed E-state index contributed by atoms with van der Waals surface area (Å²) < 4.78 is 5.33. The third-order valence-electron chi connectivity index (χ3n) is 4.50. The minimum atomic E-state index is -1.06. The standard InChI is InChI=1S/C17H22N4O4.ClH/c1-17(15(23)20-16(24)21-17)12-4-2-11(3-5-12)9-19-14(22)8-13-10-25-7-6-18-13;/h2-5,13,18H,6-10H2,1H3,(H,19,22)(H2,20,21,23,24);1H. The summed E-state index contributed by atoms with van der Waals surface area (Å²) in [6.45, 7) is 4.06. The Hall–Kier alpha value is -2.16. The van der Waals surface area contributed by atoms with Gasteiger partial charge in [-0.05, 0) is 18.1 Å². The van der Waals surface area contributed by atoms with E-state index in [0.717, 1.165) is 12.1 Å². The van der Waals surface area contributed by atoms with Crippen molar-refractivity contribution < 1.29 is 19.1 Å². The van der Waals surface area contributed by atoms with E-state index in [1.54, 1.807) is 19.1 Å². The zero-order chi connectivity index (χ0) is 17.9. The maximum Gasteiger partial charge on any atom is 0.322 e. The van der Waals surface area contributed by atoms with Crippen LogP contribution in [0.4, 0.5) is 4.79 Å². The number of amides is 4. The number of hydrogen-bond acceptors (Lipinski definition) is 5. The number of halogens is 1. The topological polar surface area (TPSA) is 109 Å². The van der Waals surface area contributed by atoms with E-state index in [0.29, 0.717) is 31.7 Å². The molecule has 2 atom stereocenters. The van der Waals surface area contributed by atoms with Crippen molar-refractivity contribution >= 4 is 30.3 Å². The van der Waals surface area contributed by atoms with Crippen LogP contribution in [-0.2, 0) is 26.4 Å². The van der Waals surface area contributed by atoms with Crippen molar-refractivity contribution in [3.63, 3.8) is 0 Å². The number of carbonyl (C=O) groups excluding carboxylic acids is 3. The lowest BCUT2D eigenvalue weighted by Gasteiger charge is -2.23. The van der Waals surface area contributed by atoms with Crippen molar-refractivity contribution in [2.45, 2.75) is 31.5 Å². The zero-order valence-corrected chi connectivity index (χ0v) is 15.3. The quantitative estimate of drug-likeness (QED) is 0.542. The highest BCUT2D eigenvalue weighted by atomic mass is 35.5. The third kappa shape index (κ3) is 4.51. The molecule has 0 bridgehead atoms. The van der Waals surface area contributed by atoms with Crippen molar-refractivity contribution in [3.8, 4) is 0 Å². The molecule has 8 nitrogen and oxygen atoms in total. The number of carbonyl (C=O) groups is 3. The van der Waals surface area contributed by atoms with Gasteiger partial charge >= 0.3 is 6.03 Å². The fourth-order valence-electron chi connectivity index (χ4n) is 2.95. The molecule has 0 aromatic heterocycles. The number of imide groups is 1. The molecule has 4 N–H and O–H groups in total. The second-order valence-corrected chi connectivity index (χ2v) is 6.44. The third-order valence-corrected chi connectivity index (χ3v) is 4.50. The van der Waals surface area contributed by atoms with Gasteiger partial charge in [0.05, 0.1) is 13.2 Å². The molecule has 4 amide bonds. The van der Waals surface area contributed by atoms with Gasteiger partial charge in [-0.25, -0.2) is 4.79 Å². The Morgan fingerprint density at radius 3 is 2.62 bits per heavy atom. The lowest BCUT2D eigenvalue weighted by atomic mass is 9.91. The van der Waals surface area contributed by atoms with Crippen molar-refractivity contribution in [2.75, 3.05) is 19.8 Å². The molecule has 142 valence electrons. The Kier molecular flexibility index (Phi) is 6.57. The molecule has 0 aliphatic carbocycles. The molecule has 2 aliphatic heterocycles. The Morgan fingerprint density at radius 1 is 1.31 bits per heavy atom. The van der Waals surface area contributed by atoms with E-state index in [-0.39, 0.29) is 30.3 Å². The zero-order valence-electron chi connectivity index (χ0n) is 14.5. The van der Waals surface area contributed by atoms with Crippen LogP contribution in [0.2, 0.25) is 0 Å². The molecule has 2 saturated heterocycles. The summed E-state index contributed by atoms with van der Waals surface area (Å²) in [6.07, 6.45) is 0.377. The van der Waals surface area contributed by atoms with Gasteiger partial charge in [0.1, 0.15) is 5.54 Å². The summed E-state index contributed by atoms with van der Waals surface area (Å²) in [5, 5.41) is 11.0. The summed E-state index contributed by atoms with van der Waals surface area (Å²) in [5.74, 6) is -0.415. The van der Waals surface area contributed by atoms with Crippen molar-refractivity contribution in [1.82, 2.24) is 21.3 Å². The predicted octanol–water partition coefficient (Wildman–Crippen LogP) is 0.158. The van der Waals surface area contributed by atoms with E-state index in [1.165, 1.54) is 0 Å². The van der Waals surface area contributed by atoms with E-state index in [4.69, 9.17) is 4.74 Å². The minimum Gasteiger partial charge on any atom is -0.378 e. The Labute approximate surface area is 157 Å². The second-order valence-electron chi connectivity index (χ2n) is 6.44. The van der Waals surface area contributed by atoms with Gasteiger partial charge in [-0.2, -0.15) is 0 Å². The highest BCUT2D eigenvalue weighted by Gasteiger charge is 2.43. The van der Waals surface area contributed by atoms with Crippen molar-refractivity contribution in [1.29, 1.82) is 0 Å². The summed E-state index contributed by atoms with van der Waals surface area (Å²) >= 11 is 0. The summed E-state index contributed by atoms with van der Waals surface area (Å²) in [7, 11) is 0. The molecule has 2 aliphatic rings. The monoisotopic (exact) mass is 382 g/mol. The minimum absolute atomic E-state index is 0. The number of morpholine rings is 1. The van der Waals surface area contributed by atoms with Gasteiger partial charge in [-0.1, -0.05) is 24.3 Å². The van der Waals surface area contributed by atoms with Crippen LogP contribution in [0.3, 0.4) is 0 Å². The van der Waals surface area contributed by atoms with Gasteiger partial charge in [0.15, 0.2) is 0 Å². The molecule has 0 saturated carbocycles. The van der Waals surface area contributed by atoms with Gasteiger partial charge in [-0.15, -0.1) is 12.4 Å². The van der Waals surface area contributed by atoms with E-state index in [2.05, 4.69) is 21.3 Å². The molecular weight excluding hydrogens is 360 g/mol. The van der Waals surface area contributed by atoms with Crippen LogP contribution in [0.1, 0.15) is 24.5 Å². The van der Waals surface area contributed by atoms with Gasteiger partial charge < -0.3 is 20.7 Å². The molecule has 0 spiro atoms. The molecule has 2 fully saturated rings. The van der Waals surface area contributed by atoms with Crippen molar-refractivity contribution in [3.05, 3.63) is 35.4 Å². The molecule has 3 rings (SSSR count). The Morgan fingerprint density at radius 2 is 2.04 bits per heavy atom. The molecular formula is C17H23ClN4O4.